The van der Waals surface area contributed by atoms with Crippen molar-refractivity contribution in [1.82, 2.24) is 10.6 Å². The molecular weight excluding hydrogens is 220 g/mol. The molecule has 0 spiro atoms. The lowest BCUT2D eigenvalue weighted by molar-refractivity contribution is 0.0874. The molecule has 5 nitrogen and oxygen atoms in total. The van der Waals surface area contributed by atoms with E-state index < -0.39 is 0 Å². The smallest absolute Gasteiger partial charge is 0.315 e. The predicted molar refractivity (Wildman–Crippen MR) is 63.9 cm³/mol. The molecule has 2 rings (SSSR count). The van der Waals surface area contributed by atoms with Gasteiger partial charge in [0.1, 0.15) is 0 Å². The van der Waals surface area contributed by atoms with E-state index in [0.717, 1.165) is 38.9 Å². The molecule has 98 valence electrons. The second kappa shape index (κ2) is 6.21. The Morgan fingerprint density at radius 1 is 1.41 bits per heavy atom. The third-order valence-corrected chi connectivity index (χ3v) is 3.65. The van der Waals surface area contributed by atoms with Crippen molar-refractivity contribution in [3.8, 4) is 0 Å². The largest absolute Gasteiger partial charge is 0.381 e. The minimum absolute atomic E-state index is 0.0779. The molecule has 0 aromatic heterocycles. The number of carbonyl (C=O) groups excluding carboxylic acids is 1. The van der Waals surface area contributed by atoms with E-state index in [1.807, 2.05) is 0 Å². The third kappa shape index (κ3) is 3.57. The average molecular weight is 242 g/mol. The van der Waals surface area contributed by atoms with E-state index in [1.54, 1.807) is 7.11 Å². The number of methoxy groups -OCH3 is 1. The van der Waals surface area contributed by atoms with Gasteiger partial charge in [-0.15, -0.1) is 0 Å². The van der Waals surface area contributed by atoms with Gasteiger partial charge in [-0.05, 0) is 25.7 Å². The number of hydrogen-bond acceptors (Lipinski definition) is 3. The van der Waals surface area contributed by atoms with Gasteiger partial charge in [0, 0.05) is 26.2 Å². The Labute approximate surface area is 102 Å². The van der Waals surface area contributed by atoms with Gasteiger partial charge in [0.15, 0.2) is 0 Å². The first-order chi connectivity index (χ1) is 8.29. The summed E-state index contributed by atoms with van der Waals surface area (Å²) >= 11 is 0. The number of nitrogens with one attached hydrogen (secondary N) is 2. The standard InChI is InChI=1S/C12H22N2O3/c1-16-11-4-2-3-10(11)14-12(15)13-7-9-5-6-17-8-9/h9-11H,2-8H2,1H3,(H2,13,14,15)/t9?,10-,11-/m1/s1. The third-order valence-electron chi connectivity index (χ3n) is 3.65. The van der Waals surface area contributed by atoms with Crippen LogP contribution in [0.1, 0.15) is 25.7 Å². The number of carbonyl (C=O) groups is 1. The van der Waals surface area contributed by atoms with E-state index in [2.05, 4.69) is 10.6 Å². The van der Waals surface area contributed by atoms with E-state index in [0.29, 0.717) is 12.5 Å². The predicted octanol–water partition coefficient (Wildman–Crippen LogP) is 0.890. The van der Waals surface area contributed by atoms with Crippen molar-refractivity contribution >= 4 is 6.03 Å². The number of hydrogen-bond donors (Lipinski definition) is 2. The second-order valence-electron chi connectivity index (χ2n) is 4.90. The maximum absolute atomic E-state index is 11.7. The van der Waals surface area contributed by atoms with Crippen molar-refractivity contribution in [2.45, 2.75) is 37.8 Å². The molecule has 2 N–H and O–H groups in total. The summed E-state index contributed by atoms with van der Waals surface area (Å²) in [4.78, 5) is 11.7. The Balaban J connectivity index is 1.65. The number of ether oxygens (including phenoxy) is 2. The quantitative estimate of drug-likeness (QED) is 0.769. The molecule has 2 amide bonds. The Kier molecular flexibility index (Phi) is 4.62. The van der Waals surface area contributed by atoms with Gasteiger partial charge >= 0.3 is 6.03 Å². The molecule has 1 heterocycles. The average Bonchev–Trinajstić information content (AvgIpc) is 2.97. The highest BCUT2D eigenvalue weighted by atomic mass is 16.5. The minimum atomic E-state index is -0.0779. The maximum atomic E-state index is 11.7. The maximum Gasteiger partial charge on any atom is 0.315 e. The van der Waals surface area contributed by atoms with Crippen molar-refractivity contribution in [1.29, 1.82) is 0 Å². The molecule has 2 fully saturated rings. The molecule has 1 saturated heterocycles. The van der Waals surface area contributed by atoms with Crippen molar-refractivity contribution in [3.05, 3.63) is 0 Å². The van der Waals surface area contributed by atoms with E-state index in [-0.39, 0.29) is 18.2 Å². The van der Waals surface area contributed by atoms with Crippen LogP contribution < -0.4 is 10.6 Å². The fraction of sp³-hybridized carbons (Fsp3) is 0.917. The molecule has 1 unspecified atom stereocenters. The van der Waals surface area contributed by atoms with Crippen LogP contribution in [0.15, 0.2) is 0 Å². The molecule has 0 radical (unpaired) electrons. The van der Waals surface area contributed by atoms with E-state index in [9.17, 15) is 4.79 Å². The highest BCUT2D eigenvalue weighted by molar-refractivity contribution is 5.74. The van der Waals surface area contributed by atoms with Crippen LogP contribution in [0.3, 0.4) is 0 Å². The van der Waals surface area contributed by atoms with Gasteiger partial charge in [0.25, 0.3) is 0 Å². The Hall–Kier alpha value is -0.810. The summed E-state index contributed by atoms with van der Waals surface area (Å²) in [5, 5.41) is 5.90. The molecule has 0 bridgehead atoms. The van der Waals surface area contributed by atoms with Crippen LogP contribution in [0.25, 0.3) is 0 Å². The minimum Gasteiger partial charge on any atom is -0.381 e. The van der Waals surface area contributed by atoms with Crippen molar-refractivity contribution < 1.29 is 14.3 Å². The fourth-order valence-corrected chi connectivity index (χ4v) is 2.57. The summed E-state index contributed by atoms with van der Waals surface area (Å²) in [5.74, 6) is 0.475. The van der Waals surface area contributed by atoms with Crippen LogP contribution in [-0.4, -0.2) is 45.0 Å². The topological polar surface area (TPSA) is 59.6 Å². The molecule has 2 aliphatic rings. The van der Waals surface area contributed by atoms with E-state index in [1.165, 1.54) is 0 Å². The van der Waals surface area contributed by atoms with Gasteiger partial charge < -0.3 is 20.1 Å². The van der Waals surface area contributed by atoms with E-state index in [4.69, 9.17) is 9.47 Å². The monoisotopic (exact) mass is 242 g/mol. The Morgan fingerprint density at radius 2 is 2.29 bits per heavy atom. The Morgan fingerprint density at radius 3 is 3.00 bits per heavy atom. The zero-order chi connectivity index (χ0) is 12.1. The van der Waals surface area contributed by atoms with Gasteiger partial charge in [-0.3, -0.25) is 0 Å². The van der Waals surface area contributed by atoms with Crippen molar-refractivity contribution in [3.63, 3.8) is 0 Å². The number of rotatable bonds is 4. The summed E-state index contributed by atoms with van der Waals surface area (Å²) in [6, 6.07) is 0.0886. The highest BCUT2D eigenvalue weighted by Crippen LogP contribution is 2.21. The SMILES string of the molecule is CO[C@@H]1CCC[C@H]1NC(=O)NCC1CCOC1. The molecule has 1 aliphatic carbocycles. The zero-order valence-electron chi connectivity index (χ0n) is 10.4. The summed E-state index contributed by atoms with van der Waals surface area (Å²) in [5.41, 5.74) is 0. The van der Waals surface area contributed by atoms with Crippen LogP contribution in [-0.2, 0) is 9.47 Å². The number of amides is 2. The molecule has 17 heavy (non-hydrogen) atoms. The van der Waals surface area contributed by atoms with Crippen LogP contribution >= 0.6 is 0 Å². The molecular formula is C12H22N2O3. The summed E-state index contributed by atoms with van der Waals surface area (Å²) in [7, 11) is 1.71. The van der Waals surface area contributed by atoms with Gasteiger partial charge in [-0.1, -0.05) is 0 Å². The first-order valence-corrected chi connectivity index (χ1v) is 6.44. The lowest BCUT2D eigenvalue weighted by Crippen LogP contribution is -2.47. The Bertz CT molecular complexity index is 254. The molecule has 0 aromatic carbocycles. The molecule has 1 saturated carbocycles. The normalized spacial score (nSPS) is 32.6. The fourth-order valence-electron chi connectivity index (χ4n) is 2.57. The second-order valence-corrected chi connectivity index (χ2v) is 4.90. The van der Waals surface area contributed by atoms with Gasteiger partial charge in [-0.2, -0.15) is 0 Å². The van der Waals surface area contributed by atoms with Crippen LogP contribution in [0.5, 0.6) is 0 Å². The first-order valence-electron chi connectivity index (χ1n) is 6.44. The summed E-state index contributed by atoms with van der Waals surface area (Å²) in [6.45, 7) is 2.29. The van der Waals surface area contributed by atoms with Crippen LogP contribution in [0.2, 0.25) is 0 Å². The lowest BCUT2D eigenvalue weighted by Gasteiger charge is -2.20. The number of urea groups is 1. The first kappa shape index (κ1) is 12.6. The van der Waals surface area contributed by atoms with Crippen LogP contribution in [0.4, 0.5) is 4.79 Å². The van der Waals surface area contributed by atoms with Gasteiger partial charge in [0.05, 0.1) is 18.8 Å². The highest BCUT2D eigenvalue weighted by Gasteiger charge is 2.28. The van der Waals surface area contributed by atoms with Crippen molar-refractivity contribution in [2.75, 3.05) is 26.9 Å². The van der Waals surface area contributed by atoms with Gasteiger partial charge in [0.2, 0.25) is 0 Å². The van der Waals surface area contributed by atoms with Crippen LogP contribution in [0, 0.1) is 5.92 Å². The lowest BCUT2D eigenvalue weighted by atomic mass is 10.1. The zero-order valence-corrected chi connectivity index (χ0v) is 10.4. The van der Waals surface area contributed by atoms with E-state index >= 15 is 0 Å². The molecule has 0 aromatic rings. The summed E-state index contributed by atoms with van der Waals surface area (Å²) < 4.78 is 10.6. The molecule has 3 atom stereocenters. The van der Waals surface area contributed by atoms with Crippen molar-refractivity contribution in [2.24, 2.45) is 5.92 Å². The summed E-state index contributed by atoms with van der Waals surface area (Å²) in [6.07, 6.45) is 4.40. The molecule has 1 aliphatic heterocycles. The molecule has 5 heteroatoms. The van der Waals surface area contributed by atoms with Gasteiger partial charge in [-0.25, -0.2) is 4.79 Å².